The van der Waals surface area contributed by atoms with Gasteiger partial charge in [-0.1, -0.05) is 0 Å². The van der Waals surface area contributed by atoms with Crippen LogP contribution < -0.4 is 10.5 Å². The van der Waals surface area contributed by atoms with Crippen molar-refractivity contribution in [3.8, 4) is 5.75 Å². The SMILES string of the molecule is CC(C)Oc1cc(C(=O)N(C)C)ccc1N. The van der Waals surface area contributed by atoms with E-state index in [-0.39, 0.29) is 12.0 Å². The number of carbonyl (C=O) groups is 1. The van der Waals surface area contributed by atoms with E-state index in [0.717, 1.165) is 0 Å². The molecule has 88 valence electrons. The summed E-state index contributed by atoms with van der Waals surface area (Å²) in [5, 5.41) is 0. The van der Waals surface area contributed by atoms with Gasteiger partial charge in [-0.15, -0.1) is 0 Å². The predicted octanol–water partition coefficient (Wildman–Crippen LogP) is 1.76. The number of ether oxygens (including phenoxy) is 1. The molecule has 0 atom stereocenters. The molecular weight excluding hydrogens is 204 g/mol. The van der Waals surface area contributed by atoms with E-state index >= 15 is 0 Å². The Kier molecular flexibility index (Phi) is 3.77. The highest BCUT2D eigenvalue weighted by Gasteiger charge is 2.11. The smallest absolute Gasteiger partial charge is 0.253 e. The number of benzene rings is 1. The van der Waals surface area contributed by atoms with Crippen molar-refractivity contribution in [3.05, 3.63) is 23.8 Å². The molecule has 16 heavy (non-hydrogen) atoms. The average Bonchev–Trinajstić information content (AvgIpc) is 2.19. The molecule has 1 rings (SSSR count). The van der Waals surface area contributed by atoms with Gasteiger partial charge < -0.3 is 15.4 Å². The third kappa shape index (κ3) is 2.89. The molecule has 4 heteroatoms. The maximum atomic E-state index is 11.7. The minimum Gasteiger partial charge on any atom is -0.489 e. The van der Waals surface area contributed by atoms with Gasteiger partial charge in [-0.2, -0.15) is 0 Å². The molecule has 0 aromatic heterocycles. The quantitative estimate of drug-likeness (QED) is 0.793. The number of nitrogen functional groups attached to an aromatic ring is 1. The highest BCUT2D eigenvalue weighted by molar-refractivity contribution is 5.94. The second-order valence-corrected chi connectivity index (χ2v) is 4.12. The van der Waals surface area contributed by atoms with Gasteiger partial charge in [0.1, 0.15) is 5.75 Å². The summed E-state index contributed by atoms with van der Waals surface area (Å²) in [6.45, 7) is 3.83. The van der Waals surface area contributed by atoms with Crippen molar-refractivity contribution in [1.29, 1.82) is 0 Å². The first-order chi connectivity index (χ1) is 7.41. The molecule has 1 aromatic carbocycles. The van der Waals surface area contributed by atoms with Crippen molar-refractivity contribution >= 4 is 11.6 Å². The van der Waals surface area contributed by atoms with Crippen molar-refractivity contribution in [2.24, 2.45) is 0 Å². The summed E-state index contributed by atoms with van der Waals surface area (Å²) in [6, 6.07) is 5.07. The summed E-state index contributed by atoms with van der Waals surface area (Å²) >= 11 is 0. The van der Waals surface area contributed by atoms with Crippen molar-refractivity contribution in [1.82, 2.24) is 4.90 Å². The molecule has 4 nitrogen and oxygen atoms in total. The lowest BCUT2D eigenvalue weighted by molar-refractivity contribution is 0.0827. The fourth-order valence-corrected chi connectivity index (χ4v) is 1.28. The Morgan fingerprint density at radius 1 is 1.38 bits per heavy atom. The van der Waals surface area contributed by atoms with Gasteiger partial charge in [0.05, 0.1) is 11.8 Å². The van der Waals surface area contributed by atoms with E-state index in [1.54, 1.807) is 32.3 Å². The van der Waals surface area contributed by atoms with Crippen LogP contribution >= 0.6 is 0 Å². The number of hydrogen-bond acceptors (Lipinski definition) is 3. The first kappa shape index (κ1) is 12.4. The summed E-state index contributed by atoms with van der Waals surface area (Å²) in [4.78, 5) is 13.2. The minimum atomic E-state index is -0.0615. The highest BCUT2D eigenvalue weighted by Crippen LogP contribution is 2.24. The van der Waals surface area contributed by atoms with Crippen LogP contribution in [0.15, 0.2) is 18.2 Å². The van der Waals surface area contributed by atoms with Crippen LogP contribution in [0.1, 0.15) is 24.2 Å². The van der Waals surface area contributed by atoms with Crippen molar-refractivity contribution in [2.45, 2.75) is 20.0 Å². The third-order valence-electron chi connectivity index (χ3n) is 2.03. The molecule has 0 bridgehead atoms. The van der Waals surface area contributed by atoms with Gasteiger partial charge >= 0.3 is 0 Å². The van der Waals surface area contributed by atoms with Gasteiger partial charge in [0.2, 0.25) is 0 Å². The van der Waals surface area contributed by atoms with Crippen LogP contribution in [-0.2, 0) is 0 Å². The van der Waals surface area contributed by atoms with E-state index in [9.17, 15) is 4.79 Å². The molecule has 0 fully saturated rings. The van der Waals surface area contributed by atoms with Crippen molar-refractivity contribution < 1.29 is 9.53 Å². The summed E-state index contributed by atoms with van der Waals surface area (Å²) in [5.74, 6) is 0.497. The average molecular weight is 222 g/mol. The molecule has 0 aliphatic carbocycles. The Morgan fingerprint density at radius 2 is 2.00 bits per heavy atom. The zero-order chi connectivity index (χ0) is 12.3. The number of amides is 1. The molecule has 0 unspecified atom stereocenters. The van der Waals surface area contributed by atoms with Crippen LogP contribution in [0.4, 0.5) is 5.69 Å². The van der Waals surface area contributed by atoms with E-state index in [4.69, 9.17) is 10.5 Å². The third-order valence-corrected chi connectivity index (χ3v) is 2.03. The Hall–Kier alpha value is -1.71. The lowest BCUT2D eigenvalue weighted by Gasteiger charge is -2.15. The van der Waals surface area contributed by atoms with Crippen molar-refractivity contribution in [2.75, 3.05) is 19.8 Å². The lowest BCUT2D eigenvalue weighted by Crippen LogP contribution is -2.21. The molecule has 0 radical (unpaired) electrons. The summed E-state index contributed by atoms with van der Waals surface area (Å²) in [5.41, 5.74) is 6.89. The van der Waals surface area contributed by atoms with Gasteiger partial charge in [-0.3, -0.25) is 4.79 Å². The molecule has 0 aliphatic heterocycles. The maximum Gasteiger partial charge on any atom is 0.253 e. The van der Waals surface area contributed by atoms with Crippen LogP contribution in [0.25, 0.3) is 0 Å². The standard InChI is InChI=1S/C12H18N2O2/c1-8(2)16-11-7-9(5-6-10(11)13)12(15)14(3)4/h5-8H,13H2,1-4H3. The molecule has 1 aromatic rings. The molecule has 0 spiro atoms. The summed E-state index contributed by atoms with van der Waals surface area (Å²) < 4.78 is 5.52. The molecule has 1 amide bonds. The normalized spacial score (nSPS) is 10.3. The predicted molar refractivity (Wildman–Crippen MR) is 64.6 cm³/mol. The first-order valence-corrected chi connectivity index (χ1v) is 5.19. The van der Waals surface area contributed by atoms with Crippen LogP contribution in [0.2, 0.25) is 0 Å². The second-order valence-electron chi connectivity index (χ2n) is 4.12. The largest absolute Gasteiger partial charge is 0.489 e. The fraction of sp³-hybridized carbons (Fsp3) is 0.417. The molecule has 0 saturated heterocycles. The zero-order valence-electron chi connectivity index (χ0n) is 10.2. The highest BCUT2D eigenvalue weighted by atomic mass is 16.5. The maximum absolute atomic E-state index is 11.7. The Morgan fingerprint density at radius 3 is 2.50 bits per heavy atom. The van der Waals surface area contributed by atoms with Crippen molar-refractivity contribution in [3.63, 3.8) is 0 Å². The lowest BCUT2D eigenvalue weighted by atomic mass is 10.1. The van der Waals surface area contributed by atoms with Crippen LogP contribution in [0.5, 0.6) is 5.75 Å². The molecule has 0 heterocycles. The number of carbonyl (C=O) groups excluding carboxylic acids is 1. The number of nitrogens with zero attached hydrogens (tertiary/aromatic N) is 1. The van der Waals surface area contributed by atoms with Crippen LogP contribution in [0.3, 0.4) is 0 Å². The van der Waals surface area contributed by atoms with Gasteiger partial charge in [-0.25, -0.2) is 0 Å². The van der Waals surface area contributed by atoms with E-state index in [1.165, 1.54) is 4.90 Å². The summed E-state index contributed by atoms with van der Waals surface area (Å²) in [6.07, 6.45) is 0.0343. The summed E-state index contributed by atoms with van der Waals surface area (Å²) in [7, 11) is 3.42. The molecular formula is C12H18N2O2. The van der Waals surface area contributed by atoms with Gasteiger partial charge in [0.25, 0.3) is 5.91 Å². The van der Waals surface area contributed by atoms with Gasteiger partial charge in [-0.05, 0) is 32.0 Å². The monoisotopic (exact) mass is 222 g/mol. The molecule has 0 aliphatic rings. The van der Waals surface area contributed by atoms with Crippen LogP contribution in [-0.4, -0.2) is 31.0 Å². The van der Waals surface area contributed by atoms with E-state index < -0.39 is 0 Å². The van der Waals surface area contributed by atoms with E-state index in [1.807, 2.05) is 13.8 Å². The fourth-order valence-electron chi connectivity index (χ4n) is 1.28. The first-order valence-electron chi connectivity index (χ1n) is 5.19. The second kappa shape index (κ2) is 4.88. The zero-order valence-corrected chi connectivity index (χ0v) is 10.2. The Bertz CT molecular complexity index is 387. The Labute approximate surface area is 96.0 Å². The topological polar surface area (TPSA) is 55.6 Å². The van der Waals surface area contributed by atoms with Crippen LogP contribution in [0, 0.1) is 0 Å². The van der Waals surface area contributed by atoms with E-state index in [0.29, 0.717) is 17.0 Å². The van der Waals surface area contributed by atoms with Gasteiger partial charge in [0, 0.05) is 19.7 Å². The van der Waals surface area contributed by atoms with E-state index in [2.05, 4.69) is 0 Å². The minimum absolute atomic E-state index is 0.0343. The number of rotatable bonds is 3. The number of anilines is 1. The number of hydrogen-bond donors (Lipinski definition) is 1. The molecule has 2 N–H and O–H groups in total. The molecule has 0 saturated carbocycles. The number of nitrogens with two attached hydrogens (primary N) is 1. The Balaban J connectivity index is 3.02. The van der Waals surface area contributed by atoms with Gasteiger partial charge in [0.15, 0.2) is 0 Å².